The smallest absolute Gasteiger partial charge is 0.101 e. The monoisotopic (exact) mass is 250 g/mol. The van der Waals surface area contributed by atoms with Crippen LogP contribution in [-0.2, 0) is 4.74 Å². The summed E-state index contributed by atoms with van der Waals surface area (Å²) in [5.74, 6) is 0. The van der Waals surface area contributed by atoms with Crippen molar-refractivity contribution in [2.75, 3.05) is 11.9 Å². The van der Waals surface area contributed by atoms with Gasteiger partial charge in [0.15, 0.2) is 0 Å². The van der Waals surface area contributed by atoms with Gasteiger partial charge < -0.3 is 10.1 Å². The predicted molar refractivity (Wildman–Crippen MR) is 68.2 cm³/mol. The maximum atomic E-state index is 8.91. The van der Waals surface area contributed by atoms with Gasteiger partial charge in [0.2, 0.25) is 0 Å². The van der Waals surface area contributed by atoms with E-state index in [1.54, 1.807) is 12.1 Å². The molecule has 0 bridgehead atoms. The zero-order valence-corrected chi connectivity index (χ0v) is 10.5. The minimum atomic E-state index is 0.295. The molecule has 3 nitrogen and oxygen atoms in total. The van der Waals surface area contributed by atoms with Crippen LogP contribution in [0.15, 0.2) is 18.2 Å². The maximum Gasteiger partial charge on any atom is 0.101 e. The highest BCUT2D eigenvalue weighted by atomic mass is 35.5. The van der Waals surface area contributed by atoms with Gasteiger partial charge in [-0.2, -0.15) is 5.26 Å². The van der Waals surface area contributed by atoms with Crippen LogP contribution in [0.3, 0.4) is 0 Å². The van der Waals surface area contributed by atoms with Gasteiger partial charge in [0.1, 0.15) is 6.07 Å². The molecule has 17 heavy (non-hydrogen) atoms. The van der Waals surface area contributed by atoms with Crippen molar-refractivity contribution < 1.29 is 4.74 Å². The fraction of sp³-hybridized carbons (Fsp3) is 0.462. The molecule has 0 aliphatic carbocycles. The third-order valence-electron chi connectivity index (χ3n) is 2.94. The maximum absolute atomic E-state index is 8.91. The topological polar surface area (TPSA) is 45.0 Å². The van der Waals surface area contributed by atoms with E-state index in [0.29, 0.717) is 22.7 Å². The van der Waals surface area contributed by atoms with Gasteiger partial charge in [0.25, 0.3) is 0 Å². The Bertz CT molecular complexity index is 442. The highest BCUT2D eigenvalue weighted by Crippen LogP contribution is 2.23. The average molecular weight is 251 g/mol. The van der Waals surface area contributed by atoms with E-state index >= 15 is 0 Å². The van der Waals surface area contributed by atoms with Crippen LogP contribution in [-0.4, -0.2) is 18.8 Å². The van der Waals surface area contributed by atoms with Gasteiger partial charge >= 0.3 is 0 Å². The summed E-state index contributed by atoms with van der Waals surface area (Å²) in [4.78, 5) is 0. The fourth-order valence-electron chi connectivity index (χ4n) is 2.07. The molecule has 90 valence electrons. The molecular formula is C13H15ClN2O. The highest BCUT2D eigenvalue weighted by molar-refractivity contribution is 6.31. The molecule has 0 radical (unpaired) electrons. The third-order valence-corrected chi connectivity index (χ3v) is 3.27. The lowest BCUT2D eigenvalue weighted by molar-refractivity contribution is 0.0232. The zero-order chi connectivity index (χ0) is 12.3. The Morgan fingerprint density at radius 2 is 2.35 bits per heavy atom. The molecule has 1 aliphatic heterocycles. The second-order valence-corrected chi connectivity index (χ2v) is 4.76. The van der Waals surface area contributed by atoms with E-state index < -0.39 is 0 Å². The van der Waals surface area contributed by atoms with Crippen molar-refractivity contribution in [1.82, 2.24) is 0 Å². The first-order chi connectivity index (χ1) is 8.19. The molecule has 0 spiro atoms. The molecule has 2 atom stereocenters. The number of hydrogen-bond donors (Lipinski definition) is 1. The Kier molecular flexibility index (Phi) is 3.88. The molecule has 0 saturated carbocycles. The van der Waals surface area contributed by atoms with E-state index in [1.165, 1.54) is 0 Å². The lowest BCUT2D eigenvalue weighted by Crippen LogP contribution is -2.32. The Labute approximate surface area is 106 Å². The number of benzene rings is 1. The number of halogens is 1. The lowest BCUT2D eigenvalue weighted by Gasteiger charge is -2.28. The number of ether oxygens (including phenoxy) is 1. The second-order valence-electron chi connectivity index (χ2n) is 4.35. The molecule has 1 aliphatic rings. The summed E-state index contributed by atoms with van der Waals surface area (Å²) in [6.45, 7) is 2.87. The van der Waals surface area contributed by atoms with Crippen LogP contribution in [0, 0.1) is 11.3 Å². The Morgan fingerprint density at radius 1 is 1.53 bits per heavy atom. The van der Waals surface area contributed by atoms with Crippen LogP contribution in [0.4, 0.5) is 5.69 Å². The van der Waals surface area contributed by atoms with Crippen LogP contribution in [0.1, 0.15) is 25.3 Å². The van der Waals surface area contributed by atoms with Crippen molar-refractivity contribution in [3.63, 3.8) is 0 Å². The number of hydrogen-bond acceptors (Lipinski definition) is 3. The standard InChI is InChI=1S/C13H15ClN2O/c1-9-6-12(4-5-17-9)16-11-2-3-13(14)10(7-11)8-15/h2-3,7,9,12,16H,4-6H2,1H3. The summed E-state index contributed by atoms with van der Waals surface area (Å²) in [5.41, 5.74) is 1.46. The van der Waals surface area contributed by atoms with Crippen LogP contribution < -0.4 is 5.32 Å². The normalized spacial score (nSPS) is 24.1. The quantitative estimate of drug-likeness (QED) is 0.877. The van der Waals surface area contributed by atoms with Crippen molar-refractivity contribution in [2.45, 2.75) is 31.9 Å². The molecule has 2 unspecified atom stereocenters. The Balaban J connectivity index is 2.06. The van der Waals surface area contributed by atoms with E-state index in [1.807, 2.05) is 6.07 Å². The van der Waals surface area contributed by atoms with E-state index in [2.05, 4.69) is 18.3 Å². The van der Waals surface area contributed by atoms with E-state index in [-0.39, 0.29) is 0 Å². The number of nitrogens with zero attached hydrogens (tertiary/aromatic N) is 1. The number of nitrogens with one attached hydrogen (secondary N) is 1. The molecule has 1 aromatic rings. The molecule has 1 heterocycles. The number of rotatable bonds is 2. The van der Waals surface area contributed by atoms with Gasteiger partial charge in [0, 0.05) is 18.3 Å². The summed E-state index contributed by atoms with van der Waals surface area (Å²) in [6, 6.07) is 7.95. The first kappa shape index (κ1) is 12.2. The average Bonchev–Trinajstić information content (AvgIpc) is 2.32. The summed E-state index contributed by atoms with van der Waals surface area (Å²) < 4.78 is 5.50. The first-order valence-corrected chi connectivity index (χ1v) is 6.14. The first-order valence-electron chi connectivity index (χ1n) is 5.77. The largest absolute Gasteiger partial charge is 0.382 e. The van der Waals surface area contributed by atoms with Crippen LogP contribution >= 0.6 is 11.6 Å². The predicted octanol–water partition coefficient (Wildman–Crippen LogP) is 3.19. The summed E-state index contributed by atoms with van der Waals surface area (Å²) in [6.07, 6.45) is 2.28. The van der Waals surface area contributed by atoms with E-state index in [9.17, 15) is 0 Å². The molecule has 1 N–H and O–H groups in total. The van der Waals surface area contributed by atoms with Gasteiger partial charge in [-0.1, -0.05) is 11.6 Å². The van der Waals surface area contributed by atoms with Crippen molar-refractivity contribution in [2.24, 2.45) is 0 Å². The van der Waals surface area contributed by atoms with Crippen molar-refractivity contribution in [3.05, 3.63) is 28.8 Å². The molecule has 2 rings (SSSR count). The van der Waals surface area contributed by atoms with Crippen LogP contribution in [0.5, 0.6) is 0 Å². The Morgan fingerprint density at radius 3 is 3.06 bits per heavy atom. The minimum Gasteiger partial charge on any atom is -0.382 e. The highest BCUT2D eigenvalue weighted by Gasteiger charge is 2.19. The molecule has 1 saturated heterocycles. The molecule has 0 amide bonds. The van der Waals surface area contributed by atoms with Crippen molar-refractivity contribution in [1.29, 1.82) is 5.26 Å². The lowest BCUT2D eigenvalue weighted by atomic mass is 10.0. The minimum absolute atomic E-state index is 0.295. The second kappa shape index (κ2) is 5.39. The fourth-order valence-corrected chi connectivity index (χ4v) is 2.23. The van der Waals surface area contributed by atoms with Gasteiger partial charge in [-0.3, -0.25) is 0 Å². The molecule has 0 aromatic heterocycles. The summed E-state index contributed by atoms with van der Waals surface area (Å²) in [7, 11) is 0. The zero-order valence-electron chi connectivity index (χ0n) is 9.74. The van der Waals surface area contributed by atoms with E-state index in [4.69, 9.17) is 21.6 Å². The summed E-state index contributed by atoms with van der Waals surface area (Å²) >= 11 is 5.89. The SMILES string of the molecule is CC1CC(Nc2ccc(Cl)c(C#N)c2)CCO1. The van der Waals surface area contributed by atoms with Crippen molar-refractivity contribution >= 4 is 17.3 Å². The van der Waals surface area contributed by atoms with Gasteiger partial charge in [-0.15, -0.1) is 0 Å². The van der Waals surface area contributed by atoms with Crippen molar-refractivity contribution in [3.8, 4) is 6.07 Å². The van der Waals surface area contributed by atoms with Gasteiger partial charge in [0.05, 0.1) is 16.7 Å². The van der Waals surface area contributed by atoms with Gasteiger partial charge in [-0.05, 0) is 38.0 Å². The molecule has 1 fully saturated rings. The number of nitriles is 1. The van der Waals surface area contributed by atoms with Crippen LogP contribution in [0.2, 0.25) is 5.02 Å². The Hall–Kier alpha value is -1.24. The number of anilines is 1. The van der Waals surface area contributed by atoms with Crippen LogP contribution in [0.25, 0.3) is 0 Å². The molecule has 1 aromatic carbocycles. The third kappa shape index (κ3) is 3.12. The summed E-state index contributed by atoms with van der Waals surface area (Å²) in [5, 5.41) is 12.8. The molecular weight excluding hydrogens is 236 g/mol. The van der Waals surface area contributed by atoms with E-state index in [0.717, 1.165) is 25.1 Å². The molecule has 4 heteroatoms. The van der Waals surface area contributed by atoms with Gasteiger partial charge in [-0.25, -0.2) is 0 Å².